The molecule has 0 aliphatic rings. The van der Waals surface area contributed by atoms with Crippen molar-refractivity contribution in [2.75, 3.05) is 0 Å². The van der Waals surface area contributed by atoms with Crippen LogP contribution in [-0.2, 0) is 11.5 Å². The van der Waals surface area contributed by atoms with E-state index in [-0.39, 0.29) is 4.47 Å². The molecule has 0 heterocycles. The molecule has 0 nitrogen and oxygen atoms in total. The molecule has 1 rings (SSSR count). The molecule has 14 heavy (non-hydrogen) atoms. The van der Waals surface area contributed by atoms with Crippen LogP contribution >= 0.6 is 47.8 Å². The summed E-state index contributed by atoms with van der Waals surface area (Å²) in [5.74, 6) is 0. The molecule has 78 valence electrons. The number of hydrogen-bond donors (Lipinski definition) is 0. The summed E-state index contributed by atoms with van der Waals surface area (Å²) in [7, 11) is 0. The number of rotatable bonds is 1. The topological polar surface area (TPSA) is 0 Å². The zero-order valence-corrected chi connectivity index (χ0v) is 11.4. The Morgan fingerprint density at radius 1 is 1.14 bits per heavy atom. The standard InChI is InChI=1S/C8H4Br3F3/c9-3-4-1-5(10)2-6(7(4)11)8(12,13)14/h1-2H,3H2. The summed E-state index contributed by atoms with van der Waals surface area (Å²) >= 11 is 9.10. The SMILES string of the molecule is FC(F)(F)c1cc(Br)cc(CBr)c1Br. The average Bonchev–Trinajstić information content (AvgIpc) is 2.06. The van der Waals surface area contributed by atoms with Crippen molar-refractivity contribution in [2.45, 2.75) is 11.5 Å². The van der Waals surface area contributed by atoms with Crippen LogP contribution in [0.25, 0.3) is 0 Å². The molecule has 0 bridgehead atoms. The van der Waals surface area contributed by atoms with E-state index in [2.05, 4.69) is 47.8 Å². The van der Waals surface area contributed by atoms with Crippen molar-refractivity contribution >= 4 is 47.8 Å². The van der Waals surface area contributed by atoms with Gasteiger partial charge in [-0.2, -0.15) is 13.2 Å². The Kier molecular flexibility index (Phi) is 4.05. The van der Waals surface area contributed by atoms with Gasteiger partial charge in [-0.25, -0.2) is 0 Å². The molecule has 1 aromatic rings. The Bertz CT molecular complexity index is 346. The lowest BCUT2D eigenvalue weighted by Crippen LogP contribution is -2.07. The van der Waals surface area contributed by atoms with Gasteiger partial charge in [-0.1, -0.05) is 31.9 Å². The van der Waals surface area contributed by atoms with Crippen LogP contribution in [0.1, 0.15) is 11.1 Å². The van der Waals surface area contributed by atoms with Crippen LogP contribution in [0.2, 0.25) is 0 Å². The van der Waals surface area contributed by atoms with Crippen molar-refractivity contribution in [3.05, 3.63) is 32.2 Å². The first-order chi connectivity index (χ1) is 6.36. The first-order valence-corrected chi connectivity index (χ1v) is 6.18. The maximum Gasteiger partial charge on any atom is 0.417 e. The van der Waals surface area contributed by atoms with Crippen molar-refractivity contribution in [3.8, 4) is 0 Å². The highest BCUT2D eigenvalue weighted by atomic mass is 79.9. The van der Waals surface area contributed by atoms with Crippen LogP contribution in [-0.4, -0.2) is 0 Å². The van der Waals surface area contributed by atoms with Crippen LogP contribution in [0, 0.1) is 0 Å². The van der Waals surface area contributed by atoms with Crippen molar-refractivity contribution < 1.29 is 13.2 Å². The number of hydrogen-bond acceptors (Lipinski definition) is 0. The number of benzene rings is 1. The van der Waals surface area contributed by atoms with Gasteiger partial charge in [-0.3, -0.25) is 0 Å². The lowest BCUT2D eigenvalue weighted by atomic mass is 10.1. The van der Waals surface area contributed by atoms with E-state index in [4.69, 9.17) is 0 Å². The highest BCUT2D eigenvalue weighted by Gasteiger charge is 2.34. The van der Waals surface area contributed by atoms with Gasteiger partial charge in [-0.15, -0.1) is 0 Å². The maximum absolute atomic E-state index is 12.5. The van der Waals surface area contributed by atoms with E-state index in [9.17, 15) is 13.2 Å². The molecule has 0 fully saturated rings. The largest absolute Gasteiger partial charge is 0.417 e. The Hall–Kier alpha value is 0.450. The fraction of sp³-hybridized carbons (Fsp3) is 0.250. The van der Waals surface area contributed by atoms with E-state index in [0.29, 0.717) is 15.4 Å². The highest BCUT2D eigenvalue weighted by molar-refractivity contribution is 9.11. The lowest BCUT2D eigenvalue weighted by molar-refractivity contribution is -0.138. The third-order valence-corrected chi connectivity index (χ3v) is 3.56. The van der Waals surface area contributed by atoms with Gasteiger partial charge in [0.1, 0.15) is 0 Å². The van der Waals surface area contributed by atoms with E-state index in [1.807, 2.05) is 0 Å². The minimum absolute atomic E-state index is 0.0880. The van der Waals surface area contributed by atoms with E-state index in [1.54, 1.807) is 6.07 Å². The van der Waals surface area contributed by atoms with Gasteiger partial charge in [0.05, 0.1) is 5.56 Å². The van der Waals surface area contributed by atoms with Crippen LogP contribution in [0.4, 0.5) is 13.2 Å². The summed E-state index contributed by atoms with van der Waals surface area (Å²) in [6, 6.07) is 2.68. The molecule has 0 radical (unpaired) electrons. The quantitative estimate of drug-likeness (QED) is 0.578. The fourth-order valence-corrected chi connectivity index (χ4v) is 2.87. The second kappa shape index (κ2) is 4.53. The van der Waals surface area contributed by atoms with E-state index < -0.39 is 11.7 Å². The zero-order chi connectivity index (χ0) is 10.9. The van der Waals surface area contributed by atoms with Gasteiger partial charge >= 0.3 is 6.18 Å². The van der Waals surface area contributed by atoms with Gasteiger partial charge in [0.25, 0.3) is 0 Å². The zero-order valence-electron chi connectivity index (χ0n) is 6.63. The molecular formula is C8H4Br3F3. The molecular weight excluding hydrogens is 393 g/mol. The fourth-order valence-electron chi connectivity index (χ4n) is 0.949. The molecule has 0 atom stereocenters. The minimum atomic E-state index is -4.33. The normalized spacial score (nSPS) is 11.9. The van der Waals surface area contributed by atoms with Gasteiger partial charge in [0.2, 0.25) is 0 Å². The highest BCUT2D eigenvalue weighted by Crippen LogP contribution is 2.39. The molecule has 0 aliphatic heterocycles. The van der Waals surface area contributed by atoms with E-state index in [0.717, 1.165) is 6.07 Å². The molecule has 6 heteroatoms. The van der Waals surface area contributed by atoms with Gasteiger partial charge in [0, 0.05) is 14.3 Å². The Morgan fingerprint density at radius 2 is 1.71 bits per heavy atom. The predicted molar refractivity (Wildman–Crippen MR) is 59.5 cm³/mol. The second-order valence-electron chi connectivity index (χ2n) is 2.56. The summed E-state index contributed by atoms with van der Waals surface area (Å²) in [5.41, 5.74) is -0.104. The summed E-state index contributed by atoms with van der Waals surface area (Å²) in [4.78, 5) is 0. The first kappa shape index (κ1) is 12.5. The molecule has 0 aliphatic carbocycles. The number of halogens is 6. The summed E-state index contributed by atoms with van der Waals surface area (Å²) < 4.78 is 37.9. The molecule has 0 saturated heterocycles. The average molecular weight is 397 g/mol. The van der Waals surface area contributed by atoms with Crippen molar-refractivity contribution in [1.29, 1.82) is 0 Å². The van der Waals surface area contributed by atoms with E-state index >= 15 is 0 Å². The third-order valence-electron chi connectivity index (χ3n) is 1.56. The molecule has 0 amide bonds. The monoisotopic (exact) mass is 394 g/mol. The van der Waals surface area contributed by atoms with Crippen molar-refractivity contribution in [3.63, 3.8) is 0 Å². The molecule has 0 unspecified atom stereocenters. The van der Waals surface area contributed by atoms with Crippen LogP contribution in [0.5, 0.6) is 0 Å². The third kappa shape index (κ3) is 2.73. The maximum atomic E-state index is 12.5. The number of alkyl halides is 4. The molecule has 0 aromatic heterocycles. The summed E-state index contributed by atoms with van der Waals surface area (Å²) in [5, 5.41) is 0.371. The van der Waals surface area contributed by atoms with Crippen LogP contribution in [0.3, 0.4) is 0 Å². The van der Waals surface area contributed by atoms with Gasteiger partial charge in [-0.05, 0) is 33.6 Å². The first-order valence-electron chi connectivity index (χ1n) is 3.47. The Balaban J connectivity index is 3.37. The Labute approximate surface area is 104 Å². The van der Waals surface area contributed by atoms with Crippen LogP contribution < -0.4 is 0 Å². The summed E-state index contributed by atoms with van der Waals surface area (Å²) in [6.07, 6.45) is -4.33. The molecule has 0 spiro atoms. The molecule has 0 saturated carbocycles. The predicted octanol–water partition coefficient (Wildman–Crippen LogP) is 5.13. The van der Waals surface area contributed by atoms with Gasteiger partial charge in [0.15, 0.2) is 0 Å². The summed E-state index contributed by atoms with van der Waals surface area (Å²) in [6.45, 7) is 0. The smallest absolute Gasteiger partial charge is 0.166 e. The lowest BCUT2D eigenvalue weighted by Gasteiger charge is -2.12. The second-order valence-corrected chi connectivity index (χ2v) is 4.83. The minimum Gasteiger partial charge on any atom is -0.166 e. The molecule has 0 N–H and O–H groups in total. The Morgan fingerprint density at radius 3 is 2.14 bits per heavy atom. The van der Waals surface area contributed by atoms with E-state index in [1.165, 1.54) is 0 Å². The van der Waals surface area contributed by atoms with Crippen LogP contribution in [0.15, 0.2) is 21.1 Å². The van der Waals surface area contributed by atoms with Crippen molar-refractivity contribution in [2.24, 2.45) is 0 Å². The van der Waals surface area contributed by atoms with Gasteiger partial charge < -0.3 is 0 Å². The molecule has 1 aromatic carbocycles. The van der Waals surface area contributed by atoms with Crippen molar-refractivity contribution in [1.82, 2.24) is 0 Å².